The third-order valence-corrected chi connectivity index (χ3v) is 2.01. The van der Waals surface area contributed by atoms with Crippen molar-refractivity contribution in [1.82, 2.24) is 0 Å². The molecule has 6 heteroatoms. The van der Waals surface area contributed by atoms with E-state index in [1.54, 1.807) is 0 Å². The molecule has 0 amide bonds. The highest BCUT2D eigenvalue weighted by Gasteiger charge is 2.00. The van der Waals surface area contributed by atoms with Gasteiger partial charge in [0, 0.05) is 11.6 Å². The van der Waals surface area contributed by atoms with Gasteiger partial charge >= 0.3 is 0 Å². The quantitative estimate of drug-likeness (QED) is 0.352. The molecule has 0 aliphatic rings. The molecule has 3 nitrogen and oxygen atoms in total. The molecule has 0 bridgehead atoms. The maximum atomic E-state index is 8.15. The van der Waals surface area contributed by atoms with E-state index in [0.717, 1.165) is 0 Å². The van der Waals surface area contributed by atoms with Crippen molar-refractivity contribution in [2.45, 2.75) is 0 Å². The largest absolute Gasteiger partial charge is 0.337 e. The minimum Gasteiger partial charge on any atom is -0.337 e. The molecule has 0 fully saturated rings. The van der Waals surface area contributed by atoms with Crippen LogP contribution in [-0.4, -0.2) is 9.79 Å². The molecule has 0 unspecified atom stereocenters. The van der Waals surface area contributed by atoms with Gasteiger partial charge in [-0.2, -0.15) is 0 Å². The molecule has 0 atom stereocenters. The Bertz CT molecular complexity index is 75.6. The molecule has 38 valence electrons. The summed E-state index contributed by atoms with van der Waals surface area (Å²) in [6, 6.07) is 0. The van der Waals surface area contributed by atoms with Gasteiger partial charge in [-0.1, -0.05) is 0 Å². The van der Waals surface area contributed by atoms with E-state index in [4.69, 9.17) is 9.79 Å². The lowest BCUT2D eigenvalue weighted by atomic mass is 14.0. The van der Waals surface area contributed by atoms with E-state index in [0.29, 0.717) is 11.6 Å². The second kappa shape index (κ2) is 2.26. The number of nitrogens with two attached hydrogens (primary N) is 1. The minimum atomic E-state index is -3.12. The fourth-order valence-corrected chi connectivity index (χ4v) is 0. The smallest absolute Gasteiger partial charge is 0.256 e. The van der Waals surface area contributed by atoms with E-state index in [2.05, 4.69) is 16.9 Å². The fraction of sp³-hybridized carbons (Fsp3) is 0. The average Bonchev–Trinajstić information content (AvgIpc) is 1.35. The van der Waals surface area contributed by atoms with Crippen LogP contribution in [0.25, 0.3) is 0 Å². The molecule has 0 rings (SSSR count). The van der Waals surface area contributed by atoms with Gasteiger partial charge in [-0.05, 0) is 11.8 Å². The van der Waals surface area contributed by atoms with Gasteiger partial charge in [0.05, 0.1) is 0 Å². The summed E-state index contributed by atoms with van der Waals surface area (Å²) in [5, 5.41) is 4.67. The Labute approximate surface area is 44.6 Å². The van der Waals surface area contributed by atoms with Gasteiger partial charge in [-0.3, -0.25) is 5.14 Å². The van der Waals surface area contributed by atoms with Gasteiger partial charge in [0.1, 0.15) is 0 Å². The average molecular weight is 145 g/mol. The maximum Gasteiger partial charge on any atom is 0.256 e. The molecule has 0 aliphatic heterocycles. The molecule has 0 aromatic heterocycles. The Balaban J connectivity index is 3.48. The first-order chi connectivity index (χ1) is 2.56. The van der Waals surface area contributed by atoms with Gasteiger partial charge in [-0.25, -0.2) is 0 Å². The predicted octanol–water partition coefficient (Wildman–Crippen LogP) is -0.198. The summed E-state index contributed by atoms with van der Waals surface area (Å²) in [6.07, 6.45) is 0. The minimum absolute atomic E-state index is 0.419. The first-order valence-electron chi connectivity index (χ1n) is 1.00. The van der Waals surface area contributed by atoms with Crippen LogP contribution in [0.5, 0.6) is 0 Å². The second-order valence-corrected chi connectivity index (χ2v) is 6.17. The highest BCUT2D eigenvalue weighted by molar-refractivity contribution is 8.66. The van der Waals surface area contributed by atoms with Crippen LogP contribution < -0.4 is 5.14 Å². The molecular weight excluding hydrogens is 141 g/mol. The highest BCUT2D eigenvalue weighted by Crippen LogP contribution is 2.45. The molecule has 0 aromatic rings. The van der Waals surface area contributed by atoms with Crippen LogP contribution in [0.3, 0.4) is 0 Å². The van der Waals surface area contributed by atoms with Gasteiger partial charge in [0.15, 0.2) is 0 Å². The van der Waals surface area contributed by atoms with Crippen LogP contribution in [0, 0.1) is 0 Å². The number of rotatable bonds is 1. The van der Waals surface area contributed by atoms with Gasteiger partial charge in [0.25, 0.3) is 5.69 Å². The Kier molecular flexibility index (Phi) is 2.59. The van der Waals surface area contributed by atoms with Crippen molar-refractivity contribution < 1.29 is 9.79 Å². The third kappa shape index (κ3) is 4.88. The second-order valence-electron chi connectivity index (χ2n) is 0.596. The summed E-state index contributed by atoms with van der Waals surface area (Å²) < 4.78 is 0. The Morgan fingerprint density at radius 1 is 1.67 bits per heavy atom. The van der Waals surface area contributed by atoms with E-state index in [1.165, 1.54) is 0 Å². The van der Waals surface area contributed by atoms with E-state index >= 15 is 0 Å². The van der Waals surface area contributed by atoms with Gasteiger partial charge in [-0.15, -0.1) is 0 Å². The zero-order valence-electron chi connectivity index (χ0n) is 2.74. The molecule has 0 radical (unpaired) electrons. The number of hydrogen-bond acceptors (Lipinski definition) is 3. The molecule has 0 aromatic carbocycles. The predicted molar refractivity (Wildman–Crippen MR) is 30.5 cm³/mol. The van der Waals surface area contributed by atoms with Crippen molar-refractivity contribution in [3.05, 3.63) is 0 Å². The molecule has 4 N–H and O–H groups in total. The van der Waals surface area contributed by atoms with Crippen molar-refractivity contribution in [2.24, 2.45) is 5.14 Å². The lowest BCUT2D eigenvalue weighted by Gasteiger charge is -1.96. The third-order valence-electron chi connectivity index (χ3n) is 0.137. The van der Waals surface area contributed by atoms with Crippen LogP contribution in [0.4, 0.5) is 0 Å². The molecule has 0 spiro atoms. The van der Waals surface area contributed by atoms with E-state index in [-0.39, 0.29) is 0 Å². The van der Waals surface area contributed by atoms with Gasteiger partial charge < -0.3 is 9.79 Å². The van der Waals surface area contributed by atoms with Crippen molar-refractivity contribution >= 4 is 29.1 Å². The summed E-state index contributed by atoms with van der Waals surface area (Å²) in [5.74, 6) is 0. The zero-order valence-corrected chi connectivity index (χ0v) is 5.26. The summed E-state index contributed by atoms with van der Waals surface area (Å²) in [6.45, 7) is 0. The lowest BCUT2D eigenvalue weighted by molar-refractivity contribution is 0.502. The van der Waals surface area contributed by atoms with Crippen LogP contribution in [0.1, 0.15) is 0 Å². The van der Waals surface area contributed by atoms with E-state index in [1.807, 2.05) is 0 Å². The summed E-state index contributed by atoms with van der Waals surface area (Å²) >= 11 is 4.47. The SMILES string of the molecule is NSP(O)(O)=S. The van der Waals surface area contributed by atoms with Crippen molar-refractivity contribution in [3.63, 3.8) is 0 Å². The Morgan fingerprint density at radius 3 is 1.83 bits per heavy atom. The molecule has 0 saturated heterocycles. The van der Waals surface area contributed by atoms with Crippen molar-refractivity contribution in [1.29, 1.82) is 0 Å². The van der Waals surface area contributed by atoms with Crippen molar-refractivity contribution in [3.8, 4) is 0 Å². The van der Waals surface area contributed by atoms with E-state index in [9.17, 15) is 0 Å². The molecule has 0 saturated carbocycles. The first kappa shape index (κ1) is 6.88. The van der Waals surface area contributed by atoms with Crippen LogP contribution in [-0.2, 0) is 11.8 Å². The van der Waals surface area contributed by atoms with Crippen LogP contribution in [0.15, 0.2) is 0 Å². The lowest BCUT2D eigenvalue weighted by Crippen LogP contribution is -1.75. The fourth-order valence-electron chi connectivity index (χ4n) is 0. The highest BCUT2D eigenvalue weighted by atomic mass is 32.9. The summed E-state index contributed by atoms with van der Waals surface area (Å²) in [7, 11) is 0. The molecular formula is H4NO2PS2. The summed E-state index contributed by atoms with van der Waals surface area (Å²) in [5.41, 5.74) is -3.12. The van der Waals surface area contributed by atoms with Gasteiger partial charge in [0.2, 0.25) is 0 Å². The topological polar surface area (TPSA) is 66.5 Å². The van der Waals surface area contributed by atoms with E-state index < -0.39 is 5.69 Å². The zero-order chi connectivity index (χ0) is 5.21. The molecule has 6 heavy (non-hydrogen) atoms. The Hall–Kier alpha value is 0.880. The van der Waals surface area contributed by atoms with Crippen LogP contribution in [0.2, 0.25) is 0 Å². The first-order valence-corrected chi connectivity index (χ1v) is 5.19. The molecule has 0 aliphatic carbocycles. The van der Waals surface area contributed by atoms with Crippen LogP contribution >= 0.6 is 17.3 Å². The number of hydrogen-bond donors (Lipinski definition) is 3. The van der Waals surface area contributed by atoms with Crippen molar-refractivity contribution in [2.75, 3.05) is 0 Å². The maximum absolute atomic E-state index is 8.15. The normalized spacial score (nSPS) is 11.8. The standard InChI is InChI=1S/H4NO2PS2/c1-6-4(2,3)5/h1H2,(H2,2,3,5). The molecule has 0 heterocycles. The summed E-state index contributed by atoms with van der Waals surface area (Å²) in [4.78, 5) is 16.3. The Morgan fingerprint density at radius 2 is 1.83 bits per heavy atom. The monoisotopic (exact) mass is 145 g/mol.